The quantitative estimate of drug-likeness (QED) is 0.412. The molecule has 4 aromatic rings. The van der Waals surface area contributed by atoms with E-state index in [1.54, 1.807) is 19.4 Å². The number of carbonyl (C=O) groups excluding carboxylic acids is 1. The van der Waals surface area contributed by atoms with Crippen LogP contribution < -0.4 is 10.2 Å². The molecule has 0 atom stereocenters. The van der Waals surface area contributed by atoms with Gasteiger partial charge in [-0.25, -0.2) is 5.43 Å². The second kappa shape index (κ2) is 7.75. The Labute approximate surface area is 161 Å². The minimum atomic E-state index is -0.370. The molecule has 0 saturated carbocycles. The highest BCUT2D eigenvalue weighted by Crippen LogP contribution is 2.36. The SMILES string of the molecule is COc1ccc2ccccc2c1-c1cc(C(=O)N/N=C\c2ccccc2)[nH]n1. The predicted octanol–water partition coefficient (Wildman–Crippen LogP) is 4.00. The number of methoxy groups -OCH3 is 1. The molecule has 1 aromatic heterocycles. The van der Waals surface area contributed by atoms with Gasteiger partial charge in [0, 0.05) is 0 Å². The molecule has 28 heavy (non-hydrogen) atoms. The normalized spacial score (nSPS) is 11.0. The monoisotopic (exact) mass is 370 g/mol. The van der Waals surface area contributed by atoms with Crippen LogP contribution in [0.25, 0.3) is 22.0 Å². The number of aromatic amines is 1. The van der Waals surface area contributed by atoms with Gasteiger partial charge in [0.1, 0.15) is 11.4 Å². The third-order valence-electron chi connectivity index (χ3n) is 4.37. The molecule has 0 fully saturated rings. The average molecular weight is 370 g/mol. The summed E-state index contributed by atoms with van der Waals surface area (Å²) >= 11 is 0. The molecular weight excluding hydrogens is 352 g/mol. The molecule has 138 valence electrons. The Kier molecular flexibility index (Phi) is 4.84. The summed E-state index contributed by atoms with van der Waals surface area (Å²) in [6.45, 7) is 0. The molecule has 0 bridgehead atoms. The van der Waals surface area contributed by atoms with Crippen LogP contribution in [0.2, 0.25) is 0 Å². The van der Waals surface area contributed by atoms with E-state index >= 15 is 0 Å². The summed E-state index contributed by atoms with van der Waals surface area (Å²) in [4.78, 5) is 12.4. The lowest BCUT2D eigenvalue weighted by molar-refractivity contribution is 0.0950. The first-order chi connectivity index (χ1) is 13.8. The van der Waals surface area contributed by atoms with Crippen molar-refractivity contribution < 1.29 is 9.53 Å². The minimum Gasteiger partial charge on any atom is -0.496 e. The lowest BCUT2D eigenvalue weighted by Crippen LogP contribution is -2.17. The average Bonchev–Trinajstić information content (AvgIpc) is 3.23. The molecule has 2 N–H and O–H groups in total. The number of aromatic nitrogens is 2. The van der Waals surface area contributed by atoms with Crippen molar-refractivity contribution >= 4 is 22.9 Å². The maximum absolute atomic E-state index is 12.4. The molecule has 0 saturated heterocycles. The molecular formula is C22H18N4O2. The zero-order valence-electron chi connectivity index (χ0n) is 15.2. The van der Waals surface area contributed by atoms with Crippen LogP contribution in [-0.4, -0.2) is 29.4 Å². The Morgan fingerprint density at radius 3 is 2.68 bits per heavy atom. The Hall–Kier alpha value is -3.93. The van der Waals surface area contributed by atoms with E-state index in [0.29, 0.717) is 17.1 Å². The van der Waals surface area contributed by atoms with E-state index in [2.05, 4.69) is 20.7 Å². The van der Waals surface area contributed by atoms with Gasteiger partial charge in [-0.05, 0) is 28.5 Å². The van der Waals surface area contributed by atoms with Crippen molar-refractivity contribution in [3.05, 3.63) is 84.1 Å². The van der Waals surface area contributed by atoms with Gasteiger partial charge in [-0.1, -0.05) is 60.7 Å². The van der Waals surface area contributed by atoms with E-state index in [0.717, 1.165) is 21.9 Å². The van der Waals surface area contributed by atoms with Crippen molar-refractivity contribution in [2.75, 3.05) is 7.11 Å². The van der Waals surface area contributed by atoms with Gasteiger partial charge >= 0.3 is 0 Å². The van der Waals surface area contributed by atoms with Gasteiger partial charge in [-0.3, -0.25) is 9.89 Å². The van der Waals surface area contributed by atoms with Gasteiger partial charge in [0.15, 0.2) is 0 Å². The topological polar surface area (TPSA) is 79.4 Å². The molecule has 6 heteroatoms. The molecule has 1 heterocycles. The van der Waals surface area contributed by atoms with E-state index in [1.165, 1.54) is 0 Å². The van der Waals surface area contributed by atoms with Crippen LogP contribution >= 0.6 is 0 Å². The number of hydrogen-bond donors (Lipinski definition) is 2. The smallest absolute Gasteiger partial charge is 0.289 e. The molecule has 0 radical (unpaired) electrons. The molecule has 3 aromatic carbocycles. The number of nitrogens with zero attached hydrogens (tertiary/aromatic N) is 2. The number of nitrogens with one attached hydrogen (secondary N) is 2. The zero-order chi connectivity index (χ0) is 19.3. The lowest BCUT2D eigenvalue weighted by Gasteiger charge is -2.09. The van der Waals surface area contributed by atoms with Crippen molar-refractivity contribution in [2.45, 2.75) is 0 Å². The number of benzene rings is 3. The number of rotatable bonds is 5. The Morgan fingerprint density at radius 2 is 1.86 bits per heavy atom. The van der Waals surface area contributed by atoms with Crippen LogP contribution in [0.1, 0.15) is 16.1 Å². The van der Waals surface area contributed by atoms with Crippen LogP contribution in [0.15, 0.2) is 77.9 Å². The number of hydrogen-bond acceptors (Lipinski definition) is 4. The second-order valence-electron chi connectivity index (χ2n) is 6.14. The Balaban J connectivity index is 1.60. The standard InChI is InChI=1S/C22H18N4O2/c1-28-20-12-11-16-9-5-6-10-17(16)21(20)18-13-19(25-24-18)22(27)26-23-14-15-7-3-2-4-8-15/h2-14H,1H3,(H,24,25)(H,26,27)/b23-14-. The summed E-state index contributed by atoms with van der Waals surface area (Å²) in [6.07, 6.45) is 1.59. The van der Waals surface area contributed by atoms with Crippen LogP contribution in [0, 0.1) is 0 Å². The third kappa shape index (κ3) is 3.48. The maximum atomic E-state index is 12.4. The Bertz CT molecular complexity index is 1150. The Morgan fingerprint density at radius 1 is 1.07 bits per heavy atom. The van der Waals surface area contributed by atoms with Crippen molar-refractivity contribution in [1.29, 1.82) is 0 Å². The molecule has 0 aliphatic heterocycles. The highest BCUT2D eigenvalue weighted by Gasteiger charge is 2.16. The van der Waals surface area contributed by atoms with E-state index in [9.17, 15) is 4.79 Å². The van der Waals surface area contributed by atoms with Crippen molar-refractivity contribution in [3.8, 4) is 17.0 Å². The first kappa shape index (κ1) is 17.5. The van der Waals surface area contributed by atoms with Gasteiger partial charge in [-0.2, -0.15) is 10.2 Å². The van der Waals surface area contributed by atoms with Gasteiger partial charge in [0.05, 0.1) is 24.6 Å². The van der Waals surface area contributed by atoms with Crippen LogP contribution in [0.3, 0.4) is 0 Å². The summed E-state index contributed by atoms with van der Waals surface area (Å²) in [5, 5.41) is 13.2. The first-order valence-corrected chi connectivity index (χ1v) is 8.76. The van der Waals surface area contributed by atoms with Crippen molar-refractivity contribution in [2.24, 2.45) is 5.10 Å². The van der Waals surface area contributed by atoms with Crippen LogP contribution in [0.5, 0.6) is 5.75 Å². The zero-order valence-corrected chi connectivity index (χ0v) is 15.2. The van der Waals surface area contributed by atoms with Gasteiger partial charge in [0.2, 0.25) is 0 Å². The number of carbonyl (C=O) groups is 1. The third-order valence-corrected chi connectivity index (χ3v) is 4.37. The van der Waals surface area contributed by atoms with Crippen LogP contribution in [-0.2, 0) is 0 Å². The van der Waals surface area contributed by atoms with Gasteiger partial charge in [0.25, 0.3) is 5.91 Å². The fourth-order valence-corrected chi connectivity index (χ4v) is 3.02. The highest BCUT2D eigenvalue weighted by atomic mass is 16.5. The first-order valence-electron chi connectivity index (χ1n) is 8.76. The molecule has 1 amide bonds. The summed E-state index contributed by atoms with van der Waals surface area (Å²) in [7, 11) is 1.62. The lowest BCUT2D eigenvalue weighted by atomic mass is 10.0. The van der Waals surface area contributed by atoms with Crippen molar-refractivity contribution in [3.63, 3.8) is 0 Å². The number of fused-ring (bicyclic) bond motifs is 1. The number of ether oxygens (including phenoxy) is 1. The largest absolute Gasteiger partial charge is 0.496 e. The summed E-state index contributed by atoms with van der Waals surface area (Å²) < 4.78 is 5.51. The van der Waals surface area contributed by atoms with Gasteiger partial charge in [-0.15, -0.1) is 0 Å². The maximum Gasteiger partial charge on any atom is 0.289 e. The number of hydrazone groups is 1. The number of H-pyrrole nitrogens is 1. The van der Waals surface area contributed by atoms with E-state index in [-0.39, 0.29) is 5.91 Å². The van der Waals surface area contributed by atoms with Crippen LogP contribution in [0.4, 0.5) is 0 Å². The predicted molar refractivity (Wildman–Crippen MR) is 110 cm³/mol. The van der Waals surface area contributed by atoms with Gasteiger partial charge < -0.3 is 4.74 Å². The highest BCUT2D eigenvalue weighted by molar-refractivity contribution is 6.00. The van der Waals surface area contributed by atoms with Crippen molar-refractivity contribution in [1.82, 2.24) is 15.6 Å². The second-order valence-corrected chi connectivity index (χ2v) is 6.14. The van der Waals surface area contributed by atoms with E-state index in [4.69, 9.17) is 4.74 Å². The number of amides is 1. The summed E-state index contributed by atoms with van der Waals surface area (Å²) in [5.74, 6) is 0.324. The molecule has 0 aliphatic rings. The minimum absolute atomic E-state index is 0.315. The summed E-state index contributed by atoms with van der Waals surface area (Å²) in [5.41, 5.74) is 5.19. The molecule has 0 aliphatic carbocycles. The fourth-order valence-electron chi connectivity index (χ4n) is 3.02. The molecule has 0 unspecified atom stereocenters. The molecule has 6 nitrogen and oxygen atoms in total. The summed E-state index contributed by atoms with van der Waals surface area (Å²) in [6, 6.07) is 23.1. The fraction of sp³-hybridized carbons (Fsp3) is 0.0455. The van der Waals surface area contributed by atoms with E-state index < -0.39 is 0 Å². The molecule has 4 rings (SSSR count). The molecule has 0 spiro atoms. The van der Waals surface area contributed by atoms with E-state index in [1.807, 2.05) is 66.7 Å².